The van der Waals surface area contributed by atoms with Crippen molar-refractivity contribution >= 4 is 29.1 Å². The Balaban J connectivity index is 1.65. The molecule has 0 bridgehead atoms. The van der Waals surface area contributed by atoms with Crippen molar-refractivity contribution in [3.05, 3.63) is 82.5 Å². The molecule has 0 unspecified atom stereocenters. The van der Waals surface area contributed by atoms with Crippen molar-refractivity contribution in [2.45, 2.75) is 44.2 Å². The van der Waals surface area contributed by atoms with E-state index in [-0.39, 0.29) is 12.3 Å². The van der Waals surface area contributed by atoms with Gasteiger partial charge in [0.05, 0.1) is 23.0 Å². The van der Waals surface area contributed by atoms with Gasteiger partial charge in [-0.1, -0.05) is 47.5 Å². The molecule has 0 saturated heterocycles. The summed E-state index contributed by atoms with van der Waals surface area (Å²) in [6.45, 7) is 3.46. The topological polar surface area (TPSA) is 84.6 Å². The standard InChI is InChI=1S/C29H23Cl2F3N2O4/c1-28(2)14-22(35-26(38)25(37)29(32,33)34)20-13-19(15-5-8-17(30)9-6-15)24(36-27(20)40-28)18-10-7-16(12-21(18)31)23-4-3-11-39-23/h3-13,22,25,37H,14H2,1-2H3,(H,35,38)/t22-,25+/m1/s1. The number of nitrogens with one attached hydrogen (secondary N) is 1. The van der Waals surface area contributed by atoms with Crippen molar-refractivity contribution in [3.63, 3.8) is 0 Å². The third kappa shape index (κ3) is 5.68. The van der Waals surface area contributed by atoms with Gasteiger partial charge in [-0.25, -0.2) is 4.98 Å². The maximum Gasteiger partial charge on any atom is 0.423 e. The van der Waals surface area contributed by atoms with Crippen LogP contribution in [0.2, 0.25) is 10.0 Å². The number of alkyl halides is 3. The number of amides is 1. The predicted molar refractivity (Wildman–Crippen MR) is 145 cm³/mol. The largest absolute Gasteiger partial charge is 0.471 e. The van der Waals surface area contributed by atoms with E-state index in [1.807, 2.05) is 12.1 Å². The summed E-state index contributed by atoms with van der Waals surface area (Å²) in [6, 6.07) is 16.7. The van der Waals surface area contributed by atoms with E-state index in [0.717, 1.165) is 5.56 Å². The van der Waals surface area contributed by atoms with Gasteiger partial charge in [0.2, 0.25) is 12.0 Å². The number of ether oxygens (including phenoxy) is 1. The van der Waals surface area contributed by atoms with Gasteiger partial charge in [-0.3, -0.25) is 4.79 Å². The molecule has 1 aliphatic heterocycles. The molecular formula is C29H23Cl2F3N2O4. The molecule has 208 valence electrons. The molecule has 2 N–H and O–H groups in total. The number of furan rings is 1. The van der Waals surface area contributed by atoms with Crippen LogP contribution in [-0.2, 0) is 4.79 Å². The lowest BCUT2D eigenvalue weighted by Crippen LogP contribution is -2.48. The normalized spacial score (nSPS) is 17.1. The molecule has 4 aromatic rings. The zero-order valence-electron chi connectivity index (χ0n) is 21.2. The van der Waals surface area contributed by atoms with Gasteiger partial charge in [0, 0.05) is 33.7 Å². The Hall–Kier alpha value is -3.53. The Morgan fingerprint density at radius 1 is 1.07 bits per heavy atom. The number of halogens is 5. The first-order valence-corrected chi connectivity index (χ1v) is 13.0. The number of hydrogen-bond donors (Lipinski definition) is 2. The maximum absolute atomic E-state index is 13.0. The van der Waals surface area contributed by atoms with Crippen molar-refractivity contribution in [3.8, 4) is 39.6 Å². The van der Waals surface area contributed by atoms with Gasteiger partial charge < -0.3 is 19.6 Å². The summed E-state index contributed by atoms with van der Waals surface area (Å²) in [6.07, 6.45) is -6.59. The summed E-state index contributed by atoms with van der Waals surface area (Å²) >= 11 is 12.9. The monoisotopic (exact) mass is 590 g/mol. The fourth-order valence-corrected chi connectivity index (χ4v) is 5.03. The smallest absolute Gasteiger partial charge is 0.423 e. The molecule has 1 amide bonds. The molecule has 0 fully saturated rings. The lowest BCUT2D eigenvalue weighted by molar-refractivity contribution is -0.205. The zero-order chi connectivity index (χ0) is 28.8. The molecule has 2 atom stereocenters. The second-order valence-corrected chi connectivity index (χ2v) is 10.9. The fraction of sp³-hybridized carbons (Fsp3) is 0.241. The number of benzene rings is 2. The van der Waals surface area contributed by atoms with E-state index in [1.165, 1.54) is 0 Å². The average Bonchev–Trinajstić information content (AvgIpc) is 3.42. The van der Waals surface area contributed by atoms with Crippen LogP contribution < -0.4 is 10.1 Å². The van der Waals surface area contributed by atoms with E-state index in [4.69, 9.17) is 37.3 Å². The Labute approximate surface area is 237 Å². The van der Waals surface area contributed by atoms with Crippen LogP contribution in [0.4, 0.5) is 13.2 Å². The molecule has 0 aliphatic carbocycles. The summed E-state index contributed by atoms with van der Waals surface area (Å²) in [7, 11) is 0. The van der Waals surface area contributed by atoms with E-state index < -0.39 is 29.8 Å². The quantitative estimate of drug-likeness (QED) is 0.250. The Kier molecular flexibility index (Phi) is 7.33. The van der Waals surface area contributed by atoms with Gasteiger partial charge in [-0.2, -0.15) is 13.2 Å². The number of pyridine rings is 1. The number of carbonyl (C=O) groups is 1. The number of hydrogen-bond acceptors (Lipinski definition) is 5. The van der Waals surface area contributed by atoms with Crippen LogP contribution in [0.1, 0.15) is 31.9 Å². The molecule has 5 rings (SSSR count). The number of nitrogens with zero attached hydrogens (tertiary/aromatic N) is 1. The second kappa shape index (κ2) is 10.5. The van der Waals surface area contributed by atoms with Crippen LogP contribution in [0.3, 0.4) is 0 Å². The molecule has 6 nitrogen and oxygen atoms in total. The molecule has 2 aromatic carbocycles. The van der Waals surface area contributed by atoms with Gasteiger partial charge in [0.25, 0.3) is 5.91 Å². The number of fused-ring (bicyclic) bond motifs is 1. The van der Waals surface area contributed by atoms with E-state index >= 15 is 0 Å². The van der Waals surface area contributed by atoms with Crippen molar-refractivity contribution < 1.29 is 32.2 Å². The predicted octanol–water partition coefficient (Wildman–Crippen LogP) is 7.62. The van der Waals surface area contributed by atoms with E-state index in [2.05, 4.69) is 5.32 Å². The SMILES string of the molecule is CC1(C)C[C@@H](NC(=O)[C@H](O)C(F)(F)F)c2cc(-c3ccc(Cl)cc3)c(-c3ccc(-c4ccco4)cc3Cl)nc2O1. The van der Waals surface area contributed by atoms with Gasteiger partial charge in [-0.05, 0) is 55.8 Å². The summed E-state index contributed by atoms with van der Waals surface area (Å²) in [5.41, 5.74) is 2.54. The molecule has 0 radical (unpaired) electrons. The fourth-order valence-electron chi connectivity index (χ4n) is 4.63. The minimum atomic E-state index is -5.11. The van der Waals surface area contributed by atoms with Gasteiger partial charge in [0.15, 0.2) is 0 Å². The summed E-state index contributed by atoms with van der Waals surface area (Å²) in [5, 5.41) is 12.7. The lowest BCUT2D eigenvalue weighted by atomic mass is 9.88. The highest BCUT2D eigenvalue weighted by molar-refractivity contribution is 6.33. The number of aliphatic hydroxyl groups is 1. The molecule has 40 heavy (non-hydrogen) atoms. The molecule has 2 aromatic heterocycles. The molecule has 3 heterocycles. The number of carbonyl (C=O) groups excluding carboxylic acids is 1. The third-order valence-corrected chi connectivity index (χ3v) is 7.08. The van der Waals surface area contributed by atoms with Crippen LogP contribution in [0.15, 0.2) is 71.3 Å². The van der Waals surface area contributed by atoms with Crippen LogP contribution in [0.25, 0.3) is 33.7 Å². The van der Waals surface area contributed by atoms with Crippen molar-refractivity contribution in [2.75, 3.05) is 0 Å². The summed E-state index contributed by atoms with van der Waals surface area (Å²) in [4.78, 5) is 17.1. The Morgan fingerprint density at radius 2 is 1.77 bits per heavy atom. The molecule has 0 spiro atoms. The van der Waals surface area contributed by atoms with Crippen LogP contribution in [0, 0.1) is 0 Å². The summed E-state index contributed by atoms with van der Waals surface area (Å²) in [5.74, 6) is -0.800. The second-order valence-electron chi connectivity index (χ2n) is 10.0. The first-order valence-electron chi connectivity index (χ1n) is 12.2. The van der Waals surface area contributed by atoms with Crippen LogP contribution in [0.5, 0.6) is 5.88 Å². The van der Waals surface area contributed by atoms with E-state index in [0.29, 0.717) is 43.8 Å². The van der Waals surface area contributed by atoms with Gasteiger partial charge in [-0.15, -0.1) is 0 Å². The first-order chi connectivity index (χ1) is 18.8. The molecule has 11 heteroatoms. The molecule has 1 aliphatic rings. The number of aromatic nitrogens is 1. The van der Waals surface area contributed by atoms with Crippen molar-refractivity contribution in [2.24, 2.45) is 0 Å². The first kappa shape index (κ1) is 28.0. The van der Waals surface area contributed by atoms with Gasteiger partial charge in [0.1, 0.15) is 11.4 Å². The number of aliphatic hydroxyl groups excluding tert-OH is 1. The number of rotatable bonds is 5. The Morgan fingerprint density at radius 3 is 2.40 bits per heavy atom. The summed E-state index contributed by atoms with van der Waals surface area (Å²) < 4.78 is 50.7. The minimum Gasteiger partial charge on any atom is -0.471 e. The molecular weight excluding hydrogens is 568 g/mol. The average molecular weight is 591 g/mol. The zero-order valence-corrected chi connectivity index (χ0v) is 22.7. The highest BCUT2D eigenvalue weighted by Gasteiger charge is 2.45. The maximum atomic E-state index is 13.0. The van der Waals surface area contributed by atoms with Crippen LogP contribution in [-0.4, -0.2) is 33.9 Å². The van der Waals surface area contributed by atoms with Crippen molar-refractivity contribution in [1.82, 2.24) is 10.3 Å². The van der Waals surface area contributed by atoms with Crippen molar-refractivity contribution in [1.29, 1.82) is 0 Å². The van der Waals surface area contributed by atoms with Crippen LogP contribution >= 0.6 is 23.2 Å². The highest BCUT2D eigenvalue weighted by atomic mass is 35.5. The third-order valence-electron chi connectivity index (χ3n) is 6.52. The van der Waals surface area contributed by atoms with Gasteiger partial charge >= 0.3 is 6.18 Å². The van der Waals surface area contributed by atoms with E-state index in [1.54, 1.807) is 68.6 Å². The Bertz CT molecular complexity index is 1550. The lowest BCUT2D eigenvalue weighted by Gasteiger charge is -2.38. The minimum absolute atomic E-state index is 0.127. The highest BCUT2D eigenvalue weighted by Crippen LogP contribution is 2.45. The van der Waals surface area contributed by atoms with E-state index in [9.17, 15) is 23.1 Å². The molecule has 0 saturated carbocycles.